The topological polar surface area (TPSA) is 0 Å². The van der Waals surface area contributed by atoms with Gasteiger partial charge in [-0.05, 0) is 22.4 Å². The van der Waals surface area contributed by atoms with Gasteiger partial charge in [-0.25, -0.2) is 0 Å². The minimum Gasteiger partial charge on any atom is -0.111 e. The summed E-state index contributed by atoms with van der Waals surface area (Å²) < 4.78 is 1.45. The monoisotopic (exact) mass is 370 g/mol. The van der Waals surface area contributed by atoms with E-state index in [1.54, 1.807) is 0 Å². The highest BCUT2D eigenvalue weighted by atomic mass is 79.9. The summed E-state index contributed by atoms with van der Waals surface area (Å²) in [4.78, 5) is 0.0508. The number of halogens is 3. The second-order valence-electron chi connectivity index (χ2n) is 4.21. The molecule has 0 saturated heterocycles. The average Bonchev–Trinajstić information content (AvgIpc) is 2.76. The molecular formula is C15H9BrCl2S. The van der Waals surface area contributed by atoms with Gasteiger partial charge in [0.15, 0.2) is 0 Å². The van der Waals surface area contributed by atoms with E-state index in [2.05, 4.69) is 46.3 Å². The number of rotatable bonds is 2. The van der Waals surface area contributed by atoms with Crippen LogP contribution in [0.4, 0.5) is 0 Å². The summed E-state index contributed by atoms with van der Waals surface area (Å²) in [5.41, 5.74) is 2.22. The smallest absolute Gasteiger partial charge is 0.0990 e. The maximum absolute atomic E-state index is 6.25. The number of benzene rings is 2. The third-order valence-electron chi connectivity index (χ3n) is 3.05. The summed E-state index contributed by atoms with van der Waals surface area (Å²) in [7, 11) is 0. The lowest BCUT2D eigenvalue weighted by molar-refractivity contribution is 1.22. The number of hydrogen-bond acceptors (Lipinski definition) is 1. The van der Waals surface area contributed by atoms with Crippen LogP contribution in [0.15, 0.2) is 48.5 Å². The van der Waals surface area contributed by atoms with Crippen LogP contribution in [-0.2, 0) is 0 Å². The predicted molar refractivity (Wildman–Crippen MR) is 89.1 cm³/mol. The molecule has 3 rings (SSSR count). The maximum atomic E-state index is 6.25. The van der Waals surface area contributed by atoms with Gasteiger partial charge < -0.3 is 0 Å². The number of fused-ring (bicyclic) bond motifs is 1. The highest BCUT2D eigenvalue weighted by Crippen LogP contribution is 2.43. The Labute approximate surface area is 134 Å². The number of thiophene rings is 1. The molecule has 0 amide bonds. The molecule has 0 aliphatic rings. The van der Waals surface area contributed by atoms with Crippen LogP contribution >= 0.6 is 50.5 Å². The van der Waals surface area contributed by atoms with E-state index in [1.165, 1.54) is 27.7 Å². The zero-order valence-electron chi connectivity index (χ0n) is 9.74. The van der Waals surface area contributed by atoms with Gasteiger partial charge in [0.2, 0.25) is 0 Å². The summed E-state index contributed by atoms with van der Waals surface area (Å²) >= 11 is 17.4. The van der Waals surface area contributed by atoms with Gasteiger partial charge in [-0.1, -0.05) is 81.6 Å². The Morgan fingerprint density at radius 1 is 0.947 bits per heavy atom. The van der Waals surface area contributed by atoms with E-state index >= 15 is 0 Å². The summed E-state index contributed by atoms with van der Waals surface area (Å²) in [5, 5.41) is 2.45. The van der Waals surface area contributed by atoms with Crippen molar-refractivity contribution in [1.82, 2.24) is 0 Å². The normalized spacial score (nSPS) is 12.8. The molecule has 0 nitrogen and oxygen atoms in total. The molecule has 0 N–H and O–H groups in total. The molecule has 19 heavy (non-hydrogen) atoms. The van der Waals surface area contributed by atoms with E-state index in [0.717, 1.165) is 9.90 Å². The van der Waals surface area contributed by atoms with Gasteiger partial charge in [0, 0.05) is 5.56 Å². The van der Waals surface area contributed by atoms with Crippen molar-refractivity contribution < 1.29 is 0 Å². The van der Waals surface area contributed by atoms with E-state index in [1.807, 2.05) is 18.2 Å². The predicted octanol–water partition coefficient (Wildman–Crippen LogP) is 6.69. The quantitative estimate of drug-likeness (QED) is 0.440. The van der Waals surface area contributed by atoms with Gasteiger partial charge in [0.25, 0.3) is 0 Å². The van der Waals surface area contributed by atoms with Gasteiger partial charge in [-0.3, -0.25) is 0 Å². The highest BCUT2D eigenvalue weighted by Gasteiger charge is 2.18. The lowest BCUT2D eigenvalue weighted by atomic mass is 10.00. The van der Waals surface area contributed by atoms with Crippen molar-refractivity contribution in [2.75, 3.05) is 0 Å². The van der Waals surface area contributed by atoms with Gasteiger partial charge >= 0.3 is 0 Å². The van der Waals surface area contributed by atoms with Crippen molar-refractivity contribution in [3.63, 3.8) is 0 Å². The van der Waals surface area contributed by atoms with Crippen LogP contribution in [0.25, 0.3) is 10.8 Å². The van der Waals surface area contributed by atoms with Crippen LogP contribution in [0.5, 0.6) is 0 Å². The molecular weight excluding hydrogens is 363 g/mol. The van der Waals surface area contributed by atoms with Crippen molar-refractivity contribution in [3.8, 4) is 0 Å². The molecule has 0 bridgehead atoms. The van der Waals surface area contributed by atoms with Gasteiger partial charge in [-0.15, -0.1) is 11.3 Å². The first-order valence-electron chi connectivity index (χ1n) is 5.73. The third kappa shape index (κ3) is 2.55. The number of alkyl halides is 1. The van der Waals surface area contributed by atoms with Crippen molar-refractivity contribution >= 4 is 61.2 Å². The van der Waals surface area contributed by atoms with Crippen LogP contribution in [0, 0.1) is 0 Å². The number of hydrogen-bond donors (Lipinski definition) is 0. The van der Waals surface area contributed by atoms with Crippen LogP contribution in [0.2, 0.25) is 8.67 Å². The molecule has 0 radical (unpaired) electrons. The average molecular weight is 372 g/mol. The summed E-state index contributed by atoms with van der Waals surface area (Å²) in [6.07, 6.45) is 0. The van der Waals surface area contributed by atoms with Crippen LogP contribution in [0.3, 0.4) is 0 Å². The van der Waals surface area contributed by atoms with E-state index in [0.29, 0.717) is 4.34 Å². The maximum Gasteiger partial charge on any atom is 0.0990 e. The Kier molecular flexibility index (Phi) is 3.86. The molecule has 2 aromatic carbocycles. The largest absolute Gasteiger partial charge is 0.111 e. The molecule has 1 aromatic heterocycles. The zero-order chi connectivity index (χ0) is 13.4. The molecule has 0 saturated carbocycles. The molecule has 96 valence electrons. The Bertz CT molecular complexity index is 731. The summed E-state index contributed by atoms with van der Waals surface area (Å²) in [6.45, 7) is 0. The van der Waals surface area contributed by atoms with E-state index < -0.39 is 0 Å². The van der Waals surface area contributed by atoms with E-state index in [-0.39, 0.29) is 4.83 Å². The van der Waals surface area contributed by atoms with Crippen LogP contribution in [0.1, 0.15) is 16.0 Å². The highest BCUT2D eigenvalue weighted by molar-refractivity contribution is 9.09. The summed E-state index contributed by atoms with van der Waals surface area (Å²) in [5.74, 6) is 0. The van der Waals surface area contributed by atoms with Gasteiger partial charge in [-0.2, -0.15) is 0 Å². The fraction of sp³-hybridized carbons (Fsp3) is 0.0667. The standard InChI is InChI=1S/C15H9BrCl2S/c16-14(12-8-13(17)19-15(12)18)11-7-3-5-9-4-1-2-6-10(9)11/h1-8,14H. The lowest BCUT2D eigenvalue weighted by Gasteiger charge is -2.12. The molecule has 0 spiro atoms. The second-order valence-corrected chi connectivity index (χ2v) is 7.41. The molecule has 4 heteroatoms. The second kappa shape index (κ2) is 5.45. The SMILES string of the molecule is Clc1cc(C(Br)c2cccc3ccccc23)c(Cl)s1. The molecule has 0 fully saturated rings. The Balaban J connectivity index is 2.16. The van der Waals surface area contributed by atoms with Crippen LogP contribution < -0.4 is 0 Å². The zero-order valence-corrected chi connectivity index (χ0v) is 13.7. The van der Waals surface area contributed by atoms with Crippen molar-refractivity contribution in [2.24, 2.45) is 0 Å². The minimum absolute atomic E-state index is 0.0508. The first kappa shape index (κ1) is 13.4. The van der Waals surface area contributed by atoms with Crippen molar-refractivity contribution in [1.29, 1.82) is 0 Å². The molecule has 0 aliphatic carbocycles. The van der Waals surface area contributed by atoms with Crippen molar-refractivity contribution in [3.05, 3.63) is 68.3 Å². The fourth-order valence-electron chi connectivity index (χ4n) is 2.16. The molecule has 1 unspecified atom stereocenters. The van der Waals surface area contributed by atoms with Gasteiger partial charge in [0.05, 0.1) is 13.5 Å². The first-order valence-corrected chi connectivity index (χ1v) is 8.22. The lowest BCUT2D eigenvalue weighted by Crippen LogP contribution is -1.92. The Morgan fingerprint density at radius 3 is 2.42 bits per heavy atom. The fourth-order valence-corrected chi connectivity index (χ4v) is 4.74. The first-order chi connectivity index (χ1) is 9.16. The van der Waals surface area contributed by atoms with Gasteiger partial charge in [0.1, 0.15) is 0 Å². The van der Waals surface area contributed by atoms with E-state index in [4.69, 9.17) is 23.2 Å². The Morgan fingerprint density at radius 2 is 1.68 bits per heavy atom. The molecule has 1 atom stereocenters. The van der Waals surface area contributed by atoms with Crippen LogP contribution in [-0.4, -0.2) is 0 Å². The van der Waals surface area contributed by atoms with Crippen molar-refractivity contribution in [2.45, 2.75) is 4.83 Å². The summed E-state index contributed by atoms with van der Waals surface area (Å²) in [6, 6.07) is 16.5. The molecule has 3 aromatic rings. The molecule has 0 aliphatic heterocycles. The van der Waals surface area contributed by atoms with E-state index in [9.17, 15) is 0 Å². The third-order valence-corrected chi connectivity index (χ3v) is 5.56. The minimum atomic E-state index is 0.0508. The Hall–Kier alpha value is -0.540. The molecule has 1 heterocycles.